The maximum Gasteiger partial charge on any atom is 0.224 e. The van der Waals surface area contributed by atoms with E-state index < -0.39 is 0 Å². The summed E-state index contributed by atoms with van der Waals surface area (Å²) in [6, 6.07) is 5.12. The molecule has 7 nitrogen and oxygen atoms in total. The van der Waals surface area contributed by atoms with Crippen molar-refractivity contribution in [3.63, 3.8) is 0 Å². The van der Waals surface area contributed by atoms with Crippen LogP contribution in [-0.4, -0.2) is 56.4 Å². The number of carbonyl (C=O) groups excluding carboxylic acids is 3. The number of methoxy groups -OCH3 is 2. The molecule has 1 aliphatic rings. The van der Waals surface area contributed by atoms with Crippen LogP contribution in [0.1, 0.15) is 36.5 Å². The highest BCUT2D eigenvalue weighted by Crippen LogP contribution is 2.30. The summed E-state index contributed by atoms with van der Waals surface area (Å²) in [6.45, 7) is 2.79. The average Bonchev–Trinajstić information content (AvgIpc) is 2.66. The predicted octanol–water partition coefficient (Wildman–Crippen LogP) is 1.65. The second-order valence-corrected chi connectivity index (χ2v) is 6.35. The summed E-state index contributed by atoms with van der Waals surface area (Å²) < 4.78 is 10.5. The van der Waals surface area contributed by atoms with Gasteiger partial charge in [0.25, 0.3) is 0 Å². The summed E-state index contributed by atoms with van der Waals surface area (Å²) in [4.78, 5) is 37.8. The maximum absolute atomic E-state index is 12.8. The Balaban J connectivity index is 2.01. The lowest BCUT2D eigenvalue weighted by molar-refractivity contribution is -0.132. The highest BCUT2D eigenvalue weighted by Gasteiger charge is 2.29. The van der Waals surface area contributed by atoms with Crippen LogP contribution < -0.4 is 14.8 Å². The Kier molecular flexibility index (Phi) is 7.00. The van der Waals surface area contributed by atoms with Gasteiger partial charge < -0.3 is 19.7 Å². The van der Waals surface area contributed by atoms with Crippen LogP contribution in [0.4, 0.5) is 0 Å². The molecule has 142 valence electrons. The van der Waals surface area contributed by atoms with E-state index >= 15 is 0 Å². The first-order valence-corrected chi connectivity index (χ1v) is 8.74. The van der Waals surface area contributed by atoms with Crippen molar-refractivity contribution < 1.29 is 23.9 Å². The molecule has 1 heterocycles. The summed E-state index contributed by atoms with van der Waals surface area (Å²) >= 11 is 0. The molecule has 26 heavy (non-hydrogen) atoms. The third kappa shape index (κ3) is 4.97. The SMILES string of the molecule is COc1ccc(C(=O)[C@@H]2CCCN(C(=O)CCNC(C)=O)C2)cc1OC. The lowest BCUT2D eigenvalue weighted by atomic mass is 9.89. The number of rotatable bonds is 7. The van der Waals surface area contributed by atoms with Gasteiger partial charge in [0.2, 0.25) is 11.8 Å². The molecule has 1 fully saturated rings. The third-order valence-electron chi connectivity index (χ3n) is 4.53. The zero-order valence-electron chi connectivity index (χ0n) is 15.5. The van der Waals surface area contributed by atoms with Gasteiger partial charge in [0, 0.05) is 44.5 Å². The molecule has 1 aliphatic heterocycles. The molecule has 0 radical (unpaired) electrons. The monoisotopic (exact) mass is 362 g/mol. The summed E-state index contributed by atoms with van der Waals surface area (Å²) in [5.74, 6) is 0.665. The number of amides is 2. The summed E-state index contributed by atoms with van der Waals surface area (Å²) in [5, 5.41) is 2.62. The van der Waals surface area contributed by atoms with E-state index in [2.05, 4.69) is 5.32 Å². The van der Waals surface area contributed by atoms with Crippen LogP contribution in [0.5, 0.6) is 11.5 Å². The van der Waals surface area contributed by atoms with Gasteiger partial charge in [-0.25, -0.2) is 0 Å². The average molecular weight is 362 g/mol. The van der Waals surface area contributed by atoms with Gasteiger partial charge in [-0.3, -0.25) is 14.4 Å². The van der Waals surface area contributed by atoms with Gasteiger partial charge in [0.15, 0.2) is 17.3 Å². The Morgan fingerprint density at radius 2 is 1.92 bits per heavy atom. The van der Waals surface area contributed by atoms with E-state index in [-0.39, 0.29) is 29.9 Å². The Labute approximate surface area is 153 Å². The topological polar surface area (TPSA) is 84.9 Å². The number of likely N-dealkylation sites (tertiary alicyclic amines) is 1. The molecule has 0 spiro atoms. The van der Waals surface area contributed by atoms with Crippen molar-refractivity contribution in [2.24, 2.45) is 5.92 Å². The number of ketones is 1. The van der Waals surface area contributed by atoms with Gasteiger partial charge in [-0.05, 0) is 31.0 Å². The quantitative estimate of drug-likeness (QED) is 0.746. The van der Waals surface area contributed by atoms with Crippen molar-refractivity contribution in [3.8, 4) is 11.5 Å². The van der Waals surface area contributed by atoms with Gasteiger partial charge in [0.05, 0.1) is 14.2 Å². The minimum absolute atomic E-state index is 0.00492. The summed E-state index contributed by atoms with van der Waals surface area (Å²) in [7, 11) is 3.08. The van der Waals surface area contributed by atoms with E-state index in [9.17, 15) is 14.4 Å². The van der Waals surface area contributed by atoms with Gasteiger partial charge >= 0.3 is 0 Å². The molecular formula is C19H26N2O5. The Morgan fingerprint density at radius 3 is 2.58 bits per heavy atom. The van der Waals surface area contributed by atoms with Gasteiger partial charge in [-0.2, -0.15) is 0 Å². The first-order chi connectivity index (χ1) is 12.5. The molecule has 0 aromatic heterocycles. The minimum Gasteiger partial charge on any atom is -0.493 e. The lowest BCUT2D eigenvalue weighted by Crippen LogP contribution is -2.43. The van der Waals surface area contributed by atoms with Crippen molar-refractivity contribution >= 4 is 17.6 Å². The molecule has 1 saturated heterocycles. The van der Waals surface area contributed by atoms with Crippen LogP contribution in [0, 0.1) is 5.92 Å². The molecule has 2 rings (SSSR count). The fourth-order valence-electron chi connectivity index (χ4n) is 3.15. The highest BCUT2D eigenvalue weighted by atomic mass is 16.5. The fourth-order valence-corrected chi connectivity index (χ4v) is 3.15. The number of carbonyl (C=O) groups is 3. The fraction of sp³-hybridized carbons (Fsp3) is 0.526. The molecule has 0 unspecified atom stereocenters. The summed E-state index contributed by atoms with van der Waals surface area (Å²) in [5.41, 5.74) is 0.556. The summed E-state index contributed by atoms with van der Waals surface area (Å²) in [6.07, 6.45) is 1.79. The Bertz CT molecular complexity index is 674. The minimum atomic E-state index is -0.230. The van der Waals surface area contributed by atoms with Gasteiger partial charge in [-0.15, -0.1) is 0 Å². The van der Waals surface area contributed by atoms with Crippen LogP contribution in [0.15, 0.2) is 18.2 Å². The molecule has 1 N–H and O–H groups in total. The zero-order valence-corrected chi connectivity index (χ0v) is 15.5. The molecule has 1 aromatic carbocycles. The molecule has 1 aromatic rings. The predicted molar refractivity (Wildman–Crippen MR) is 96.5 cm³/mol. The van der Waals surface area contributed by atoms with Crippen LogP contribution in [0.25, 0.3) is 0 Å². The second-order valence-electron chi connectivity index (χ2n) is 6.35. The van der Waals surface area contributed by atoms with Crippen molar-refractivity contribution in [1.29, 1.82) is 0 Å². The second kappa shape index (κ2) is 9.22. The largest absolute Gasteiger partial charge is 0.493 e. The molecule has 7 heteroatoms. The Morgan fingerprint density at radius 1 is 1.19 bits per heavy atom. The molecule has 2 amide bonds. The van der Waals surface area contributed by atoms with Crippen molar-refractivity contribution in [2.45, 2.75) is 26.2 Å². The van der Waals surface area contributed by atoms with Crippen molar-refractivity contribution in [1.82, 2.24) is 10.2 Å². The molecule has 0 saturated carbocycles. The first kappa shape index (κ1) is 19.8. The standard InChI is InChI=1S/C19H26N2O5/c1-13(22)20-9-8-18(23)21-10-4-5-15(12-21)19(24)14-6-7-16(25-2)17(11-14)26-3/h6-7,11,15H,4-5,8-10,12H2,1-3H3,(H,20,22)/t15-/m1/s1. The van der Waals surface area contributed by atoms with Crippen LogP contribution in [0.3, 0.4) is 0 Å². The molecule has 0 bridgehead atoms. The Hall–Kier alpha value is -2.57. The highest BCUT2D eigenvalue weighted by molar-refractivity contribution is 5.99. The molecule has 0 aliphatic carbocycles. The lowest BCUT2D eigenvalue weighted by Gasteiger charge is -2.32. The number of Topliss-reactive ketones (excluding diaryl/α,β-unsaturated/α-hetero) is 1. The number of ether oxygens (including phenoxy) is 2. The molecule has 1 atom stereocenters. The molecular weight excluding hydrogens is 336 g/mol. The van der Waals surface area contributed by atoms with Crippen molar-refractivity contribution in [2.75, 3.05) is 33.9 Å². The number of nitrogens with zero attached hydrogens (tertiary/aromatic N) is 1. The number of piperidine rings is 1. The zero-order chi connectivity index (χ0) is 19.1. The number of hydrogen-bond acceptors (Lipinski definition) is 5. The number of hydrogen-bond donors (Lipinski definition) is 1. The maximum atomic E-state index is 12.8. The van der Waals surface area contributed by atoms with E-state index in [4.69, 9.17) is 9.47 Å². The van der Waals surface area contributed by atoms with E-state index in [1.165, 1.54) is 14.0 Å². The van der Waals surface area contributed by atoms with E-state index in [1.54, 1.807) is 30.2 Å². The van der Waals surface area contributed by atoms with E-state index in [0.29, 0.717) is 36.7 Å². The van der Waals surface area contributed by atoms with Crippen LogP contribution >= 0.6 is 0 Å². The smallest absolute Gasteiger partial charge is 0.224 e. The van der Waals surface area contributed by atoms with Gasteiger partial charge in [-0.1, -0.05) is 0 Å². The van der Waals surface area contributed by atoms with E-state index in [0.717, 1.165) is 12.8 Å². The normalized spacial score (nSPS) is 16.7. The first-order valence-electron chi connectivity index (χ1n) is 8.74. The van der Waals surface area contributed by atoms with Crippen LogP contribution in [0.2, 0.25) is 0 Å². The number of nitrogens with one attached hydrogen (secondary N) is 1. The van der Waals surface area contributed by atoms with Gasteiger partial charge in [0.1, 0.15) is 0 Å². The number of benzene rings is 1. The third-order valence-corrected chi connectivity index (χ3v) is 4.53. The van der Waals surface area contributed by atoms with Crippen LogP contribution in [-0.2, 0) is 9.59 Å². The van der Waals surface area contributed by atoms with E-state index in [1.807, 2.05) is 0 Å². The van der Waals surface area contributed by atoms with Crippen molar-refractivity contribution in [3.05, 3.63) is 23.8 Å².